The van der Waals surface area contributed by atoms with Crippen LogP contribution >= 0.6 is 0 Å². The molecule has 2 rings (SSSR count). The Morgan fingerprint density at radius 2 is 2.22 bits per heavy atom. The lowest BCUT2D eigenvalue weighted by Gasteiger charge is -2.40. The highest BCUT2D eigenvalue weighted by Crippen LogP contribution is 2.46. The molecule has 0 saturated carbocycles. The molecule has 1 aliphatic carbocycles. The quantitative estimate of drug-likeness (QED) is 0.879. The molecule has 0 spiro atoms. The number of fused-ring (bicyclic) bond motifs is 1. The average Bonchev–Trinajstić information content (AvgIpc) is 2.41. The Balaban J connectivity index is 2.46. The van der Waals surface area contributed by atoms with E-state index in [1.54, 1.807) is 0 Å². The molecule has 2 heteroatoms. The third-order valence-electron chi connectivity index (χ3n) is 4.23. The summed E-state index contributed by atoms with van der Waals surface area (Å²) < 4.78 is 0. The molecule has 18 heavy (non-hydrogen) atoms. The highest BCUT2D eigenvalue weighted by molar-refractivity contribution is 5.38. The van der Waals surface area contributed by atoms with E-state index in [2.05, 4.69) is 26.0 Å². The Morgan fingerprint density at radius 1 is 1.50 bits per heavy atom. The lowest BCUT2D eigenvalue weighted by molar-refractivity contribution is -0.0246. The zero-order valence-electron chi connectivity index (χ0n) is 11.2. The predicted octanol–water partition coefficient (Wildman–Crippen LogP) is 3.71. The van der Waals surface area contributed by atoms with Crippen LogP contribution in [0.3, 0.4) is 0 Å². The Hall–Kier alpha value is -1.33. The number of nitrogens with zero attached hydrogens (tertiary/aromatic N) is 1. The summed E-state index contributed by atoms with van der Waals surface area (Å²) in [6.07, 6.45) is 3.34. The number of hydrogen-bond acceptors (Lipinski definition) is 2. The van der Waals surface area contributed by atoms with Crippen molar-refractivity contribution in [2.45, 2.75) is 51.0 Å². The summed E-state index contributed by atoms with van der Waals surface area (Å²) in [5.74, 6) is 0.179. The fourth-order valence-corrected chi connectivity index (χ4v) is 3.11. The van der Waals surface area contributed by atoms with Crippen LogP contribution in [0.2, 0.25) is 0 Å². The largest absolute Gasteiger partial charge is 0.384 e. The van der Waals surface area contributed by atoms with Crippen molar-refractivity contribution in [1.29, 1.82) is 5.26 Å². The van der Waals surface area contributed by atoms with Gasteiger partial charge in [0, 0.05) is 0 Å². The highest BCUT2D eigenvalue weighted by atomic mass is 16.3. The van der Waals surface area contributed by atoms with Gasteiger partial charge in [0.2, 0.25) is 0 Å². The maximum atomic E-state index is 11.0. The molecule has 1 aromatic rings. The normalized spacial score (nSPS) is 28.2. The SMILES string of the molecule is CCCC(C#N)C1(O)CCC(C)c2ccccc21. The van der Waals surface area contributed by atoms with Crippen LogP contribution in [0.25, 0.3) is 0 Å². The second-order valence-corrected chi connectivity index (χ2v) is 5.42. The fourth-order valence-electron chi connectivity index (χ4n) is 3.11. The molecular formula is C16H21NO. The maximum Gasteiger partial charge on any atom is 0.106 e. The van der Waals surface area contributed by atoms with Crippen molar-refractivity contribution < 1.29 is 5.11 Å². The molecule has 0 saturated heterocycles. The molecule has 1 N–H and O–H groups in total. The van der Waals surface area contributed by atoms with Crippen LogP contribution in [0, 0.1) is 17.2 Å². The van der Waals surface area contributed by atoms with Gasteiger partial charge in [-0.05, 0) is 36.3 Å². The summed E-state index contributed by atoms with van der Waals surface area (Å²) in [5.41, 5.74) is 1.24. The van der Waals surface area contributed by atoms with E-state index in [1.807, 2.05) is 18.2 Å². The van der Waals surface area contributed by atoms with Gasteiger partial charge in [-0.25, -0.2) is 0 Å². The smallest absolute Gasteiger partial charge is 0.106 e. The second kappa shape index (κ2) is 5.12. The van der Waals surface area contributed by atoms with Crippen LogP contribution in [-0.2, 0) is 5.60 Å². The Labute approximate surface area is 109 Å². The number of rotatable bonds is 3. The van der Waals surface area contributed by atoms with Gasteiger partial charge in [-0.2, -0.15) is 5.26 Å². The zero-order chi connectivity index (χ0) is 13.2. The van der Waals surface area contributed by atoms with Crippen molar-refractivity contribution in [3.05, 3.63) is 35.4 Å². The Morgan fingerprint density at radius 3 is 2.89 bits per heavy atom. The van der Waals surface area contributed by atoms with E-state index < -0.39 is 5.60 Å². The summed E-state index contributed by atoms with van der Waals surface area (Å²) in [6, 6.07) is 10.4. The molecule has 0 aliphatic heterocycles. The Kier molecular flexibility index (Phi) is 3.73. The lowest BCUT2D eigenvalue weighted by atomic mass is 9.68. The molecule has 3 unspecified atom stereocenters. The van der Waals surface area contributed by atoms with Crippen molar-refractivity contribution in [2.75, 3.05) is 0 Å². The van der Waals surface area contributed by atoms with E-state index in [4.69, 9.17) is 0 Å². The summed E-state index contributed by atoms with van der Waals surface area (Å²) in [5, 5.41) is 20.4. The molecule has 2 nitrogen and oxygen atoms in total. The minimum absolute atomic E-state index is 0.295. The van der Waals surface area contributed by atoms with Crippen LogP contribution < -0.4 is 0 Å². The van der Waals surface area contributed by atoms with Gasteiger partial charge in [-0.3, -0.25) is 0 Å². The van der Waals surface area contributed by atoms with Gasteiger partial charge in [0.25, 0.3) is 0 Å². The van der Waals surface area contributed by atoms with Crippen LogP contribution in [0.1, 0.15) is 56.6 Å². The minimum atomic E-state index is -0.951. The van der Waals surface area contributed by atoms with Gasteiger partial charge in [0.1, 0.15) is 5.60 Å². The van der Waals surface area contributed by atoms with Gasteiger partial charge >= 0.3 is 0 Å². The first-order chi connectivity index (χ1) is 8.63. The lowest BCUT2D eigenvalue weighted by Crippen LogP contribution is -2.38. The first kappa shape index (κ1) is 13.1. The zero-order valence-corrected chi connectivity index (χ0v) is 11.2. The van der Waals surface area contributed by atoms with Gasteiger partial charge in [0.15, 0.2) is 0 Å². The topological polar surface area (TPSA) is 44.0 Å². The van der Waals surface area contributed by atoms with Crippen LogP contribution in [0.4, 0.5) is 0 Å². The first-order valence-corrected chi connectivity index (χ1v) is 6.85. The van der Waals surface area contributed by atoms with E-state index in [9.17, 15) is 10.4 Å². The summed E-state index contributed by atoms with van der Waals surface area (Å²) in [6.45, 7) is 4.25. The van der Waals surface area contributed by atoms with Crippen LogP contribution in [-0.4, -0.2) is 5.11 Å². The number of hydrogen-bond donors (Lipinski definition) is 1. The highest BCUT2D eigenvalue weighted by Gasteiger charge is 2.42. The van der Waals surface area contributed by atoms with Crippen LogP contribution in [0.15, 0.2) is 24.3 Å². The molecule has 0 heterocycles. The third kappa shape index (κ3) is 2.04. The molecular weight excluding hydrogens is 222 g/mol. The summed E-state index contributed by atoms with van der Waals surface area (Å²) >= 11 is 0. The Bertz CT molecular complexity index is 462. The fraction of sp³-hybridized carbons (Fsp3) is 0.562. The van der Waals surface area contributed by atoms with E-state index in [-0.39, 0.29) is 5.92 Å². The minimum Gasteiger partial charge on any atom is -0.384 e. The number of benzene rings is 1. The van der Waals surface area contributed by atoms with Gasteiger partial charge in [-0.15, -0.1) is 0 Å². The third-order valence-corrected chi connectivity index (χ3v) is 4.23. The van der Waals surface area contributed by atoms with Crippen molar-refractivity contribution >= 4 is 0 Å². The van der Waals surface area contributed by atoms with Gasteiger partial charge < -0.3 is 5.11 Å². The molecule has 1 aromatic carbocycles. The molecule has 0 amide bonds. The standard InChI is InChI=1S/C16H21NO/c1-3-6-13(11-17)16(18)10-9-12(2)14-7-4-5-8-15(14)16/h4-5,7-8,12-13,18H,3,6,9-10H2,1-2H3. The van der Waals surface area contributed by atoms with E-state index in [0.29, 0.717) is 12.3 Å². The van der Waals surface area contributed by atoms with E-state index >= 15 is 0 Å². The van der Waals surface area contributed by atoms with Crippen molar-refractivity contribution in [2.24, 2.45) is 5.92 Å². The van der Waals surface area contributed by atoms with Crippen LogP contribution in [0.5, 0.6) is 0 Å². The first-order valence-electron chi connectivity index (χ1n) is 6.85. The maximum absolute atomic E-state index is 11.0. The van der Waals surface area contributed by atoms with Crippen molar-refractivity contribution in [3.63, 3.8) is 0 Å². The van der Waals surface area contributed by atoms with Gasteiger partial charge in [-0.1, -0.05) is 44.5 Å². The molecule has 0 aromatic heterocycles. The number of nitriles is 1. The monoisotopic (exact) mass is 243 g/mol. The van der Waals surface area contributed by atoms with E-state index in [0.717, 1.165) is 24.8 Å². The van der Waals surface area contributed by atoms with E-state index in [1.165, 1.54) is 5.56 Å². The average molecular weight is 243 g/mol. The molecule has 1 aliphatic rings. The summed E-state index contributed by atoms with van der Waals surface area (Å²) in [4.78, 5) is 0. The summed E-state index contributed by atoms with van der Waals surface area (Å²) in [7, 11) is 0. The van der Waals surface area contributed by atoms with Crippen molar-refractivity contribution in [3.8, 4) is 6.07 Å². The molecule has 0 radical (unpaired) electrons. The molecule has 96 valence electrons. The molecule has 0 bridgehead atoms. The van der Waals surface area contributed by atoms with Crippen molar-refractivity contribution in [1.82, 2.24) is 0 Å². The number of aliphatic hydroxyl groups is 1. The molecule has 3 atom stereocenters. The predicted molar refractivity (Wildman–Crippen MR) is 72.0 cm³/mol. The molecule has 0 fully saturated rings. The second-order valence-electron chi connectivity index (χ2n) is 5.42. The van der Waals surface area contributed by atoms with Gasteiger partial charge in [0.05, 0.1) is 12.0 Å².